The number of benzene rings is 1. The molecule has 2 heterocycles. The highest BCUT2D eigenvalue weighted by molar-refractivity contribution is 7.22. The zero-order valence-electron chi connectivity index (χ0n) is 12.2. The molecule has 0 atom stereocenters. The fourth-order valence-corrected chi connectivity index (χ4v) is 3.11. The van der Waals surface area contributed by atoms with Crippen molar-refractivity contribution in [1.29, 1.82) is 0 Å². The Labute approximate surface area is 126 Å². The van der Waals surface area contributed by atoms with E-state index in [1.807, 2.05) is 13.0 Å². The van der Waals surface area contributed by atoms with Gasteiger partial charge in [-0.2, -0.15) is 5.10 Å². The molecule has 0 saturated carbocycles. The summed E-state index contributed by atoms with van der Waals surface area (Å²) in [5, 5.41) is 7.57. The zero-order valence-corrected chi connectivity index (χ0v) is 13.0. The molecule has 21 heavy (non-hydrogen) atoms. The van der Waals surface area contributed by atoms with Gasteiger partial charge in [-0.15, -0.1) is 0 Å². The number of rotatable bonds is 3. The Bertz CT molecular complexity index is 779. The molecule has 108 valence electrons. The van der Waals surface area contributed by atoms with Gasteiger partial charge in [0.1, 0.15) is 5.69 Å². The van der Waals surface area contributed by atoms with E-state index in [1.165, 1.54) is 22.5 Å². The first-order valence-corrected chi connectivity index (χ1v) is 7.61. The molecule has 3 aromatic rings. The van der Waals surface area contributed by atoms with Crippen molar-refractivity contribution >= 4 is 32.6 Å². The van der Waals surface area contributed by atoms with Crippen LogP contribution in [0.3, 0.4) is 0 Å². The summed E-state index contributed by atoms with van der Waals surface area (Å²) < 4.78 is 2.74. The fourth-order valence-electron chi connectivity index (χ4n) is 2.17. The molecule has 0 fully saturated rings. The number of amides is 1. The maximum Gasteiger partial charge on any atom is 0.275 e. The van der Waals surface area contributed by atoms with Crippen molar-refractivity contribution in [3.05, 3.63) is 41.2 Å². The van der Waals surface area contributed by atoms with E-state index in [1.54, 1.807) is 16.9 Å². The van der Waals surface area contributed by atoms with E-state index in [2.05, 4.69) is 35.3 Å². The summed E-state index contributed by atoms with van der Waals surface area (Å²) in [6.45, 7) is 6.75. The second kappa shape index (κ2) is 5.29. The van der Waals surface area contributed by atoms with Gasteiger partial charge in [0, 0.05) is 12.7 Å². The SMILES string of the molecule is CCn1nccc1C(=O)Nc1nc2cc(C)c(C)cc2s1. The minimum atomic E-state index is -0.179. The Morgan fingerprint density at radius 2 is 2.10 bits per heavy atom. The lowest BCUT2D eigenvalue weighted by molar-refractivity contribution is 0.101. The molecule has 5 nitrogen and oxygen atoms in total. The van der Waals surface area contributed by atoms with Crippen LogP contribution in [0.1, 0.15) is 28.5 Å². The number of nitrogens with one attached hydrogen (secondary N) is 1. The quantitative estimate of drug-likeness (QED) is 0.806. The molecule has 1 aromatic carbocycles. The normalized spacial score (nSPS) is 11.0. The first-order valence-electron chi connectivity index (χ1n) is 6.79. The van der Waals surface area contributed by atoms with Gasteiger partial charge in [0.05, 0.1) is 10.2 Å². The van der Waals surface area contributed by atoms with E-state index in [-0.39, 0.29) is 5.91 Å². The van der Waals surface area contributed by atoms with Crippen molar-refractivity contribution in [2.24, 2.45) is 0 Å². The highest BCUT2D eigenvalue weighted by Gasteiger charge is 2.14. The Kier molecular flexibility index (Phi) is 3.47. The highest BCUT2D eigenvalue weighted by atomic mass is 32.1. The molecule has 3 rings (SSSR count). The van der Waals surface area contributed by atoms with Crippen molar-refractivity contribution in [2.45, 2.75) is 27.3 Å². The van der Waals surface area contributed by atoms with Crippen LogP contribution in [0, 0.1) is 13.8 Å². The largest absolute Gasteiger partial charge is 0.296 e. The van der Waals surface area contributed by atoms with Crippen molar-refractivity contribution in [3.63, 3.8) is 0 Å². The molecule has 2 aromatic heterocycles. The summed E-state index contributed by atoms with van der Waals surface area (Å²) in [7, 11) is 0. The lowest BCUT2D eigenvalue weighted by Crippen LogP contribution is -2.17. The van der Waals surface area contributed by atoms with E-state index >= 15 is 0 Å². The van der Waals surface area contributed by atoms with Crippen LogP contribution < -0.4 is 5.32 Å². The molecule has 0 radical (unpaired) electrons. The number of thiazole rings is 1. The van der Waals surface area contributed by atoms with Gasteiger partial charge in [-0.25, -0.2) is 4.98 Å². The molecule has 0 unspecified atom stereocenters. The lowest BCUT2D eigenvalue weighted by atomic mass is 10.1. The number of fused-ring (bicyclic) bond motifs is 1. The van der Waals surface area contributed by atoms with Gasteiger partial charge < -0.3 is 0 Å². The second-order valence-electron chi connectivity index (χ2n) is 4.91. The van der Waals surface area contributed by atoms with E-state index in [9.17, 15) is 4.79 Å². The summed E-state index contributed by atoms with van der Waals surface area (Å²) in [6.07, 6.45) is 1.63. The number of aryl methyl sites for hydroxylation is 3. The smallest absolute Gasteiger partial charge is 0.275 e. The van der Waals surface area contributed by atoms with Gasteiger partial charge in [0.25, 0.3) is 5.91 Å². The minimum absolute atomic E-state index is 0.179. The third-order valence-electron chi connectivity index (χ3n) is 3.47. The zero-order chi connectivity index (χ0) is 15.0. The highest BCUT2D eigenvalue weighted by Crippen LogP contribution is 2.28. The number of nitrogens with zero attached hydrogens (tertiary/aromatic N) is 3. The van der Waals surface area contributed by atoms with Gasteiger partial charge >= 0.3 is 0 Å². The molecule has 0 saturated heterocycles. The van der Waals surface area contributed by atoms with E-state index in [0.717, 1.165) is 10.2 Å². The maximum absolute atomic E-state index is 12.3. The van der Waals surface area contributed by atoms with Crippen LogP contribution in [0.25, 0.3) is 10.2 Å². The van der Waals surface area contributed by atoms with Crippen molar-refractivity contribution in [2.75, 3.05) is 5.32 Å². The molecule has 0 spiro atoms. The number of carbonyl (C=O) groups excluding carboxylic acids is 1. The number of hydrogen-bond donors (Lipinski definition) is 1. The number of carbonyl (C=O) groups is 1. The summed E-state index contributed by atoms with van der Waals surface area (Å²) in [5.41, 5.74) is 3.90. The molecule has 6 heteroatoms. The molecule has 0 bridgehead atoms. The molecule has 1 N–H and O–H groups in total. The van der Waals surface area contributed by atoms with Crippen LogP contribution in [0.15, 0.2) is 24.4 Å². The van der Waals surface area contributed by atoms with Crippen LogP contribution in [0.2, 0.25) is 0 Å². The molecular weight excluding hydrogens is 284 g/mol. The Hall–Kier alpha value is -2.21. The van der Waals surface area contributed by atoms with Gasteiger partial charge in [-0.05, 0) is 50.1 Å². The van der Waals surface area contributed by atoms with Gasteiger partial charge in [-0.3, -0.25) is 14.8 Å². The second-order valence-corrected chi connectivity index (χ2v) is 5.94. The Morgan fingerprint density at radius 1 is 1.33 bits per heavy atom. The van der Waals surface area contributed by atoms with E-state index < -0.39 is 0 Å². The van der Waals surface area contributed by atoms with Crippen molar-refractivity contribution < 1.29 is 4.79 Å². The average Bonchev–Trinajstić information content (AvgIpc) is 3.05. The minimum Gasteiger partial charge on any atom is -0.296 e. The Morgan fingerprint density at radius 3 is 2.86 bits per heavy atom. The van der Waals surface area contributed by atoms with E-state index in [4.69, 9.17) is 0 Å². The van der Waals surface area contributed by atoms with Crippen LogP contribution >= 0.6 is 11.3 Å². The third kappa shape index (κ3) is 2.54. The monoisotopic (exact) mass is 300 g/mol. The van der Waals surface area contributed by atoms with E-state index in [0.29, 0.717) is 17.4 Å². The third-order valence-corrected chi connectivity index (χ3v) is 4.41. The van der Waals surface area contributed by atoms with Gasteiger partial charge in [0.15, 0.2) is 5.13 Å². The maximum atomic E-state index is 12.3. The molecular formula is C15H16N4OS. The standard InChI is InChI=1S/C15H16N4OS/c1-4-19-12(5-6-16-19)14(20)18-15-17-11-7-9(2)10(3)8-13(11)21-15/h5-8H,4H2,1-3H3,(H,17,18,20). The van der Waals surface area contributed by atoms with Gasteiger partial charge in [0.2, 0.25) is 0 Å². The van der Waals surface area contributed by atoms with Crippen LogP contribution in [0.4, 0.5) is 5.13 Å². The molecule has 0 aliphatic carbocycles. The van der Waals surface area contributed by atoms with Gasteiger partial charge in [-0.1, -0.05) is 11.3 Å². The van der Waals surface area contributed by atoms with Crippen LogP contribution in [-0.2, 0) is 6.54 Å². The first-order chi connectivity index (χ1) is 10.1. The number of hydrogen-bond acceptors (Lipinski definition) is 4. The van der Waals surface area contributed by atoms with Crippen molar-refractivity contribution in [1.82, 2.24) is 14.8 Å². The topological polar surface area (TPSA) is 59.8 Å². The summed E-state index contributed by atoms with van der Waals surface area (Å²) in [4.78, 5) is 16.7. The summed E-state index contributed by atoms with van der Waals surface area (Å²) in [6, 6.07) is 5.86. The molecule has 0 aliphatic rings. The van der Waals surface area contributed by atoms with Crippen molar-refractivity contribution in [3.8, 4) is 0 Å². The summed E-state index contributed by atoms with van der Waals surface area (Å²) in [5.74, 6) is -0.179. The van der Waals surface area contributed by atoms with Crippen LogP contribution in [0.5, 0.6) is 0 Å². The molecule has 0 aliphatic heterocycles. The molecule has 1 amide bonds. The predicted octanol–water partition coefficient (Wildman–Crippen LogP) is 3.38. The predicted molar refractivity (Wildman–Crippen MR) is 84.9 cm³/mol. The average molecular weight is 300 g/mol. The lowest BCUT2D eigenvalue weighted by Gasteiger charge is -2.03. The number of aromatic nitrogens is 3. The Balaban J connectivity index is 1.90. The number of anilines is 1. The first kappa shape index (κ1) is 13.8. The summed E-state index contributed by atoms with van der Waals surface area (Å²) >= 11 is 1.49. The van der Waals surface area contributed by atoms with Crippen LogP contribution in [-0.4, -0.2) is 20.7 Å². The fraction of sp³-hybridized carbons (Fsp3) is 0.267.